The monoisotopic (exact) mass is 254 g/mol. The van der Waals surface area contributed by atoms with Crippen LogP contribution in [-0.2, 0) is 0 Å². The van der Waals surface area contributed by atoms with Gasteiger partial charge in [0.05, 0.1) is 27.7 Å². The van der Waals surface area contributed by atoms with E-state index in [1.54, 1.807) is 12.1 Å². The highest BCUT2D eigenvalue weighted by atomic mass is 35.5. The van der Waals surface area contributed by atoms with Crippen LogP contribution in [0.25, 0.3) is 0 Å². The van der Waals surface area contributed by atoms with Crippen LogP contribution >= 0.6 is 23.2 Å². The third kappa shape index (κ3) is 2.26. The first-order valence-corrected chi connectivity index (χ1v) is 6.08. The molecule has 2 unspecified atom stereocenters. The molecule has 1 saturated carbocycles. The standard InChI is InChI=1S/C12H12Cl2N2/c13-9-4-2-5-10(14)12(9)16-11-6-1-3-8(11)7-15/h2,4-5,8,11,16H,1,3,6H2. The first-order valence-electron chi connectivity index (χ1n) is 5.32. The number of rotatable bonds is 2. The summed E-state index contributed by atoms with van der Waals surface area (Å²) < 4.78 is 0. The third-order valence-corrected chi connectivity index (χ3v) is 3.60. The Kier molecular flexibility index (Phi) is 3.58. The van der Waals surface area contributed by atoms with Crippen molar-refractivity contribution in [1.82, 2.24) is 0 Å². The van der Waals surface area contributed by atoms with Crippen molar-refractivity contribution in [3.05, 3.63) is 28.2 Å². The molecule has 2 atom stereocenters. The zero-order valence-corrected chi connectivity index (χ0v) is 10.2. The molecule has 0 saturated heterocycles. The summed E-state index contributed by atoms with van der Waals surface area (Å²) in [6.07, 6.45) is 3.04. The Balaban J connectivity index is 2.18. The lowest BCUT2D eigenvalue weighted by atomic mass is 10.1. The van der Waals surface area contributed by atoms with Gasteiger partial charge in [-0.15, -0.1) is 0 Å². The van der Waals surface area contributed by atoms with Gasteiger partial charge in [-0.3, -0.25) is 0 Å². The minimum atomic E-state index is 0.0624. The molecular weight excluding hydrogens is 243 g/mol. The predicted octanol–water partition coefficient (Wildman–Crippen LogP) is 4.10. The number of anilines is 1. The van der Waals surface area contributed by atoms with Crippen molar-refractivity contribution < 1.29 is 0 Å². The van der Waals surface area contributed by atoms with Crippen LogP contribution in [0.1, 0.15) is 19.3 Å². The van der Waals surface area contributed by atoms with E-state index in [1.807, 2.05) is 6.07 Å². The maximum atomic E-state index is 9.00. The van der Waals surface area contributed by atoms with E-state index in [4.69, 9.17) is 28.5 Å². The molecule has 84 valence electrons. The van der Waals surface area contributed by atoms with Crippen molar-refractivity contribution in [3.8, 4) is 6.07 Å². The Hall–Kier alpha value is -0.910. The van der Waals surface area contributed by atoms with Crippen LogP contribution < -0.4 is 5.32 Å². The average molecular weight is 255 g/mol. The van der Waals surface area contributed by atoms with Crippen LogP contribution in [-0.4, -0.2) is 6.04 Å². The smallest absolute Gasteiger partial charge is 0.0721 e. The normalized spacial score (nSPS) is 24.1. The first kappa shape index (κ1) is 11.6. The molecule has 1 aliphatic rings. The van der Waals surface area contributed by atoms with E-state index in [0.29, 0.717) is 10.0 Å². The lowest BCUT2D eigenvalue weighted by Crippen LogP contribution is -2.23. The second-order valence-electron chi connectivity index (χ2n) is 4.01. The fraction of sp³-hybridized carbons (Fsp3) is 0.417. The molecular formula is C12H12Cl2N2. The second-order valence-corrected chi connectivity index (χ2v) is 4.83. The number of hydrogen-bond acceptors (Lipinski definition) is 2. The molecule has 1 aromatic carbocycles. The van der Waals surface area contributed by atoms with Gasteiger partial charge in [-0.25, -0.2) is 0 Å². The second kappa shape index (κ2) is 4.95. The molecule has 0 amide bonds. The highest BCUT2D eigenvalue weighted by Crippen LogP contribution is 2.34. The summed E-state index contributed by atoms with van der Waals surface area (Å²) in [5, 5.41) is 13.5. The molecule has 16 heavy (non-hydrogen) atoms. The van der Waals surface area contributed by atoms with Crippen LogP contribution in [0.15, 0.2) is 18.2 Å². The van der Waals surface area contributed by atoms with Crippen LogP contribution in [0.2, 0.25) is 10.0 Å². The van der Waals surface area contributed by atoms with Crippen molar-refractivity contribution in [2.75, 3.05) is 5.32 Å². The van der Waals surface area contributed by atoms with Gasteiger partial charge in [0, 0.05) is 6.04 Å². The summed E-state index contributed by atoms with van der Waals surface area (Å²) in [4.78, 5) is 0. The first-order chi connectivity index (χ1) is 7.72. The van der Waals surface area contributed by atoms with E-state index in [1.165, 1.54) is 0 Å². The van der Waals surface area contributed by atoms with E-state index in [0.717, 1.165) is 24.9 Å². The molecule has 0 aromatic heterocycles. The van der Waals surface area contributed by atoms with Gasteiger partial charge >= 0.3 is 0 Å². The van der Waals surface area contributed by atoms with Gasteiger partial charge in [0.1, 0.15) is 0 Å². The van der Waals surface area contributed by atoms with Crippen molar-refractivity contribution in [3.63, 3.8) is 0 Å². The number of nitrogens with zero attached hydrogens (tertiary/aromatic N) is 1. The van der Waals surface area contributed by atoms with Gasteiger partial charge in [-0.2, -0.15) is 5.26 Å². The Morgan fingerprint density at radius 1 is 1.25 bits per heavy atom. The third-order valence-electron chi connectivity index (χ3n) is 2.97. The number of halogens is 2. The summed E-state index contributed by atoms with van der Waals surface area (Å²) in [7, 11) is 0. The summed E-state index contributed by atoms with van der Waals surface area (Å²) in [5.74, 6) is 0.0624. The van der Waals surface area contributed by atoms with Gasteiger partial charge in [-0.05, 0) is 31.4 Å². The summed E-state index contributed by atoms with van der Waals surface area (Å²) in [5.41, 5.74) is 0.748. The molecule has 2 nitrogen and oxygen atoms in total. The molecule has 1 fully saturated rings. The molecule has 0 heterocycles. The van der Waals surface area contributed by atoms with Gasteiger partial charge in [0.15, 0.2) is 0 Å². The Morgan fingerprint density at radius 2 is 1.94 bits per heavy atom. The number of nitrogens with one attached hydrogen (secondary N) is 1. The molecule has 1 aromatic rings. The predicted molar refractivity (Wildman–Crippen MR) is 66.8 cm³/mol. The lowest BCUT2D eigenvalue weighted by molar-refractivity contribution is 0.630. The van der Waals surface area contributed by atoms with E-state index < -0.39 is 0 Å². The van der Waals surface area contributed by atoms with Crippen LogP contribution in [0.5, 0.6) is 0 Å². The van der Waals surface area contributed by atoms with E-state index in [-0.39, 0.29) is 12.0 Å². The van der Waals surface area contributed by atoms with Gasteiger partial charge < -0.3 is 5.32 Å². The van der Waals surface area contributed by atoms with Crippen LogP contribution in [0.4, 0.5) is 5.69 Å². The highest BCUT2D eigenvalue weighted by molar-refractivity contribution is 6.39. The maximum Gasteiger partial charge on any atom is 0.0721 e. The molecule has 0 bridgehead atoms. The van der Waals surface area contributed by atoms with Crippen molar-refractivity contribution >= 4 is 28.9 Å². The number of nitriles is 1. The Labute approximate surface area is 105 Å². The SMILES string of the molecule is N#CC1CCCC1Nc1c(Cl)cccc1Cl. The quantitative estimate of drug-likeness (QED) is 0.863. The fourth-order valence-corrected chi connectivity index (χ4v) is 2.61. The molecule has 1 N–H and O–H groups in total. The minimum absolute atomic E-state index is 0.0624. The van der Waals surface area contributed by atoms with Gasteiger partial charge in [0.2, 0.25) is 0 Å². The Morgan fingerprint density at radius 3 is 2.56 bits per heavy atom. The number of benzene rings is 1. The average Bonchev–Trinajstić information content (AvgIpc) is 2.71. The number of para-hydroxylation sites is 1. The maximum absolute atomic E-state index is 9.00. The summed E-state index contributed by atoms with van der Waals surface area (Å²) in [6, 6.07) is 7.90. The number of hydrogen-bond donors (Lipinski definition) is 1. The van der Waals surface area contributed by atoms with Gasteiger partial charge in [0.25, 0.3) is 0 Å². The van der Waals surface area contributed by atoms with Crippen molar-refractivity contribution in [1.29, 1.82) is 5.26 Å². The molecule has 0 spiro atoms. The molecule has 0 radical (unpaired) electrons. The molecule has 0 aliphatic heterocycles. The van der Waals surface area contributed by atoms with Crippen molar-refractivity contribution in [2.24, 2.45) is 5.92 Å². The zero-order chi connectivity index (χ0) is 11.5. The zero-order valence-electron chi connectivity index (χ0n) is 8.71. The van der Waals surface area contributed by atoms with Crippen LogP contribution in [0, 0.1) is 17.2 Å². The fourth-order valence-electron chi connectivity index (χ4n) is 2.11. The summed E-state index contributed by atoms with van der Waals surface area (Å²) in [6.45, 7) is 0. The summed E-state index contributed by atoms with van der Waals surface area (Å²) >= 11 is 12.1. The lowest BCUT2D eigenvalue weighted by Gasteiger charge is -2.18. The highest BCUT2D eigenvalue weighted by Gasteiger charge is 2.27. The largest absolute Gasteiger partial charge is 0.379 e. The molecule has 2 rings (SSSR count). The van der Waals surface area contributed by atoms with E-state index in [9.17, 15) is 0 Å². The van der Waals surface area contributed by atoms with E-state index in [2.05, 4.69) is 11.4 Å². The molecule has 1 aliphatic carbocycles. The van der Waals surface area contributed by atoms with Crippen LogP contribution in [0.3, 0.4) is 0 Å². The Bertz CT molecular complexity index is 405. The minimum Gasteiger partial charge on any atom is -0.379 e. The van der Waals surface area contributed by atoms with Gasteiger partial charge in [-0.1, -0.05) is 29.3 Å². The van der Waals surface area contributed by atoms with Crippen molar-refractivity contribution in [2.45, 2.75) is 25.3 Å². The molecule has 4 heteroatoms. The van der Waals surface area contributed by atoms with E-state index >= 15 is 0 Å². The topological polar surface area (TPSA) is 35.8 Å².